The summed E-state index contributed by atoms with van der Waals surface area (Å²) in [7, 11) is 0. The van der Waals surface area contributed by atoms with Gasteiger partial charge < -0.3 is 10.2 Å². The monoisotopic (exact) mass is 326 g/mol. The Bertz CT molecular complexity index is 795. The zero-order chi connectivity index (χ0) is 16.9. The van der Waals surface area contributed by atoms with Crippen LogP contribution >= 0.6 is 0 Å². The number of hydrogen-bond acceptors (Lipinski definition) is 4. The highest BCUT2D eigenvalue weighted by molar-refractivity contribution is 6.02. The number of aromatic nitrogens is 2. The SMILES string of the molecule is O=C(Nc1ccccc1)c1ccc(=O)n(CC(=O)N2CCCC2)n1. The molecule has 1 saturated heterocycles. The van der Waals surface area contributed by atoms with Gasteiger partial charge in [0.15, 0.2) is 0 Å². The fraction of sp³-hybridized carbons (Fsp3) is 0.294. The summed E-state index contributed by atoms with van der Waals surface area (Å²) in [5, 5.41) is 6.73. The van der Waals surface area contributed by atoms with Gasteiger partial charge in [-0.2, -0.15) is 5.10 Å². The van der Waals surface area contributed by atoms with Crippen LogP contribution in [0.25, 0.3) is 0 Å². The normalized spacial score (nSPS) is 13.8. The Morgan fingerprint density at radius 1 is 1.04 bits per heavy atom. The third-order valence-corrected chi connectivity index (χ3v) is 3.87. The molecule has 124 valence electrons. The topological polar surface area (TPSA) is 84.3 Å². The zero-order valence-corrected chi connectivity index (χ0v) is 13.1. The van der Waals surface area contributed by atoms with E-state index in [4.69, 9.17) is 0 Å². The Morgan fingerprint density at radius 2 is 1.75 bits per heavy atom. The number of anilines is 1. The number of benzene rings is 1. The van der Waals surface area contributed by atoms with E-state index in [1.807, 2.05) is 6.07 Å². The highest BCUT2D eigenvalue weighted by Gasteiger charge is 2.19. The summed E-state index contributed by atoms with van der Waals surface area (Å²) in [6.45, 7) is 1.27. The molecule has 1 aromatic heterocycles. The van der Waals surface area contributed by atoms with Crippen molar-refractivity contribution in [1.82, 2.24) is 14.7 Å². The first-order valence-corrected chi connectivity index (χ1v) is 7.86. The molecular weight excluding hydrogens is 308 g/mol. The van der Waals surface area contributed by atoms with Crippen molar-refractivity contribution in [2.45, 2.75) is 19.4 Å². The minimum absolute atomic E-state index is 0.0904. The highest BCUT2D eigenvalue weighted by Crippen LogP contribution is 2.08. The lowest BCUT2D eigenvalue weighted by atomic mass is 10.3. The van der Waals surface area contributed by atoms with Crippen molar-refractivity contribution < 1.29 is 9.59 Å². The Balaban J connectivity index is 1.74. The van der Waals surface area contributed by atoms with Crippen LogP contribution in [-0.4, -0.2) is 39.6 Å². The van der Waals surface area contributed by atoms with E-state index >= 15 is 0 Å². The van der Waals surface area contributed by atoms with Gasteiger partial charge in [0.25, 0.3) is 11.5 Å². The minimum Gasteiger partial charge on any atom is -0.341 e. The van der Waals surface area contributed by atoms with Gasteiger partial charge in [0.05, 0.1) is 0 Å². The van der Waals surface area contributed by atoms with Crippen molar-refractivity contribution in [2.24, 2.45) is 0 Å². The van der Waals surface area contributed by atoms with Gasteiger partial charge in [0, 0.05) is 24.8 Å². The molecule has 0 bridgehead atoms. The van der Waals surface area contributed by atoms with Crippen molar-refractivity contribution in [3.05, 3.63) is 58.5 Å². The van der Waals surface area contributed by atoms with Crippen LogP contribution in [0.4, 0.5) is 5.69 Å². The summed E-state index contributed by atoms with van der Waals surface area (Å²) in [6, 6.07) is 11.6. The largest absolute Gasteiger partial charge is 0.341 e. The third-order valence-electron chi connectivity index (χ3n) is 3.87. The molecule has 24 heavy (non-hydrogen) atoms. The molecule has 1 N–H and O–H groups in total. The van der Waals surface area contributed by atoms with Crippen molar-refractivity contribution in [3.8, 4) is 0 Å². The van der Waals surface area contributed by atoms with Gasteiger partial charge in [-0.05, 0) is 31.0 Å². The Hall–Kier alpha value is -2.96. The summed E-state index contributed by atoms with van der Waals surface area (Å²) in [6.07, 6.45) is 1.96. The van der Waals surface area contributed by atoms with Crippen LogP contribution in [0.2, 0.25) is 0 Å². The van der Waals surface area contributed by atoms with Crippen LogP contribution in [0, 0.1) is 0 Å². The molecule has 0 atom stereocenters. The molecule has 0 aliphatic carbocycles. The maximum atomic E-state index is 12.2. The van der Waals surface area contributed by atoms with E-state index in [0.29, 0.717) is 18.8 Å². The molecule has 0 unspecified atom stereocenters. The zero-order valence-electron chi connectivity index (χ0n) is 13.1. The Morgan fingerprint density at radius 3 is 2.46 bits per heavy atom. The summed E-state index contributed by atoms with van der Waals surface area (Å²) in [5.74, 6) is -0.578. The third kappa shape index (κ3) is 3.68. The summed E-state index contributed by atoms with van der Waals surface area (Å²) < 4.78 is 1.04. The summed E-state index contributed by atoms with van der Waals surface area (Å²) >= 11 is 0. The molecule has 7 nitrogen and oxygen atoms in total. The molecule has 1 aliphatic heterocycles. The maximum Gasteiger partial charge on any atom is 0.276 e. The van der Waals surface area contributed by atoms with E-state index < -0.39 is 11.5 Å². The van der Waals surface area contributed by atoms with Crippen molar-refractivity contribution in [3.63, 3.8) is 0 Å². The second-order valence-corrected chi connectivity index (χ2v) is 5.62. The second kappa shape index (κ2) is 7.08. The van der Waals surface area contributed by atoms with E-state index in [-0.39, 0.29) is 18.1 Å². The van der Waals surface area contributed by atoms with Crippen LogP contribution in [0.15, 0.2) is 47.3 Å². The summed E-state index contributed by atoms with van der Waals surface area (Å²) in [5.41, 5.74) is 0.321. The smallest absolute Gasteiger partial charge is 0.276 e. The molecule has 1 aromatic carbocycles. The molecule has 0 spiro atoms. The van der Waals surface area contributed by atoms with Crippen LogP contribution in [0.3, 0.4) is 0 Å². The van der Waals surface area contributed by atoms with Crippen molar-refractivity contribution >= 4 is 17.5 Å². The van der Waals surface area contributed by atoms with Crippen LogP contribution in [0.5, 0.6) is 0 Å². The van der Waals surface area contributed by atoms with Gasteiger partial charge in [-0.3, -0.25) is 14.4 Å². The molecule has 1 fully saturated rings. The predicted molar refractivity (Wildman–Crippen MR) is 88.7 cm³/mol. The molecule has 1 aliphatic rings. The average molecular weight is 326 g/mol. The first kappa shape index (κ1) is 15.9. The number of amides is 2. The van der Waals surface area contributed by atoms with E-state index in [1.54, 1.807) is 29.2 Å². The van der Waals surface area contributed by atoms with E-state index in [2.05, 4.69) is 10.4 Å². The van der Waals surface area contributed by atoms with Gasteiger partial charge in [-0.15, -0.1) is 0 Å². The van der Waals surface area contributed by atoms with Crippen molar-refractivity contribution in [1.29, 1.82) is 0 Å². The summed E-state index contributed by atoms with van der Waals surface area (Å²) in [4.78, 5) is 38.0. The molecule has 2 heterocycles. The lowest BCUT2D eigenvalue weighted by molar-refractivity contribution is -0.131. The quantitative estimate of drug-likeness (QED) is 0.912. The number of likely N-dealkylation sites (tertiary alicyclic amines) is 1. The van der Waals surface area contributed by atoms with E-state index in [9.17, 15) is 14.4 Å². The second-order valence-electron chi connectivity index (χ2n) is 5.62. The van der Waals surface area contributed by atoms with Crippen molar-refractivity contribution in [2.75, 3.05) is 18.4 Å². The number of nitrogens with one attached hydrogen (secondary N) is 1. The first-order valence-electron chi connectivity index (χ1n) is 7.86. The lowest BCUT2D eigenvalue weighted by Crippen LogP contribution is -2.36. The Kier molecular flexibility index (Phi) is 4.69. The number of rotatable bonds is 4. The lowest BCUT2D eigenvalue weighted by Gasteiger charge is -2.15. The van der Waals surface area contributed by atoms with Gasteiger partial charge in [-0.25, -0.2) is 4.68 Å². The number of para-hydroxylation sites is 1. The predicted octanol–water partition coefficient (Wildman–Crippen LogP) is 1.12. The number of carbonyl (C=O) groups excluding carboxylic acids is 2. The van der Waals surface area contributed by atoms with E-state index in [1.165, 1.54) is 12.1 Å². The van der Waals surface area contributed by atoms with Crippen LogP contribution < -0.4 is 10.9 Å². The highest BCUT2D eigenvalue weighted by atomic mass is 16.2. The number of hydrogen-bond donors (Lipinski definition) is 1. The standard InChI is InChI=1S/C17H18N4O3/c22-15-9-8-14(17(24)18-13-6-2-1-3-7-13)19-21(15)12-16(23)20-10-4-5-11-20/h1-3,6-9H,4-5,10-12H2,(H,18,24). The number of nitrogens with zero attached hydrogens (tertiary/aromatic N) is 3. The van der Waals surface area contributed by atoms with Crippen LogP contribution in [0.1, 0.15) is 23.3 Å². The average Bonchev–Trinajstić information content (AvgIpc) is 3.12. The fourth-order valence-electron chi connectivity index (χ4n) is 2.59. The first-order chi connectivity index (χ1) is 11.6. The molecule has 0 radical (unpaired) electrons. The van der Waals surface area contributed by atoms with Gasteiger partial charge in [-0.1, -0.05) is 18.2 Å². The fourth-order valence-corrected chi connectivity index (χ4v) is 2.59. The van der Waals surface area contributed by atoms with Gasteiger partial charge in [0.2, 0.25) is 5.91 Å². The Labute approximate surface area is 138 Å². The molecule has 7 heteroatoms. The molecule has 3 rings (SSSR count). The van der Waals surface area contributed by atoms with Crippen LogP contribution in [-0.2, 0) is 11.3 Å². The molecular formula is C17H18N4O3. The van der Waals surface area contributed by atoms with E-state index in [0.717, 1.165) is 17.5 Å². The molecule has 0 saturated carbocycles. The maximum absolute atomic E-state index is 12.2. The minimum atomic E-state index is -0.427. The molecule has 2 aromatic rings. The number of carbonyl (C=O) groups is 2. The van der Waals surface area contributed by atoms with Gasteiger partial charge >= 0.3 is 0 Å². The molecule has 2 amide bonds. The van der Waals surface area contributed by atoms with Gasteiger partial charge in [0.1, 0.15) is 12.2 Å².